The second kappa shape index (κ2) is 12.6. The Balaban J connectivity index is 0. The van der Waals surface area contributed by atoms with E-state index in [2.05, 4.69) is 9.97 Å². The molecule has 2 aromatic rings. The van der Waals surface area contributed by atoms with Gasteiger partial charge in [-0.25, -0.2) is 0 Å². The van der Waals surface area contributed by atoms with Crippen LogP contribution in [0.1, 0.15) is 0 Å². The zero-order valence-corrected chi connectivity index (χ0v) is 20.8. The molecule has 0 aliphatic carbocycles. The van der Waals surface area contributed by atoms with Crippen molar-refractivity contribution in [2.24, 2.45) is 0 Å². The molecule has 0 fully saturated rings. The molecule has 0 amide bonds. The molecule has 0 saturated heterocycles. The summed E-state index contributed by atoms with van der Waals surface area (Å²) in [6.45, 7) is 0. The van der Waals surface area contributed by atoms with Gasteiger partial charge in [0.25, 0.3) is 0 Å². The van der Waals surface area contributed by atoms with Gasteiger partial charge in [0.1, 0.15) is 0 Å². The minimum atomic E-state index is -0.559. The number of nitrogens with zero attached hydrogens (tertiary/aromatic N) is 2. The first-order valence-corrected chi connectivity index (χ1v) is 6.85. The number of pyridine rings is 2. The van der Waals surface area contributed by atoms with Gasteiger partial charge >= 0.3 is 80.9 Å². The summed E-state index contributed by atoms with van der Waals surface area (Å²) in [5, 5.41) is 21.4. The smallest absolute Gasteiger partial charge is 0.858 e. The minimum absolute atomic E-state index is 0. The fraction of sp³-hybridized carbons (Fsp3) is 0. The molecule has 0 saturated carbocycles. The predicted octanol–water partition coefficient (Wildman–Crippen LogP) is -1.76. The van der Waals surface area contributed by atoms with Crippen LogP contribution in [-0.2, 0) is 0 Å². The average molecular weight is 457 g/mol. The van der Waals surface area contributed by atoms with Crippen LogP contribution >= 0.6 is 69.6 Å². The Bertz CT molecular complexity index is 540. The molecular weight excluding hydrogens is 455 g/mol. The Kier molecular flexibility index (Phi) is 15.2. The van der Waals surface area contributed by atoms with Crippen molar-refractivity contribution in [1.82, 2.24) is 9.97 Å². The van der Waals surface area contributed by atoms with Gasteiger partial charge in [0, 0.05) is 24.2 Å². The third kappa shape index (κ3) is 7.66. The number of halogens is 6. The van der Waals surface area contributed by atoms with Crippen LogP contribution in [0.15, 0.2) is 12.4 Å². The molecule has 108 valence electrons. The molecule has 0 aliphatic heterocycles. The van der Waals surface area contributed by atoms with Crippen molar-refractivity contribution in [3.8, 4) is 11.8 Å². The Labute approximate surface area is 221 Å². The molecule has 0 N–H and O–H groups in total. The van der Waals surface area contributed by atoms with E-state index >= 15 is 0 Å². The minimum Gasteiger partial charge on any atom is -0.858 e. The van der Waals surface area contributed by atoms with E-state index in [0.717, 1.165) is 12.4 Å². The van der Waals surface area contributed by atoms with Crippen LogP contribution in [0.3, 0.4) is 0 Å². The summed E-state index contributed by atoms with van der Waals surface area (Å²) in [6.07, 6.45) is 2.33. The number of hydrogen-bond acceptors (Lipinski definition) is 4. The maximum absolute atomic E-state index is 10.6. The number of aromatic nitrogens is 2. The van der Waals surface area contributed by atoms with Crippen molar-refractivity contribution in [3.05, 3.63) is 42.5 Å². The quantitative estimate of drug-likeness (QED) is 0.440. The summed E-state index contributed by atoms with van der Waals surface area (Å²) in [7, 11) is 0. The maximum atomic E-state index is 10.6. The van der Waals surface area contributed by atoms with Crippen LogP contribution in [0.25, 0.3) is 0 Å². The molecule has 0 aliphatic rings. The Hall–Kier alpha value is 2.28. The zero-order chi connectivity index (χ0) is 15.4. The standard InChI is InChI=1S/2C5H2Cl3NO.K.Na/c2*6-2-1-9-5(10)4(8)3(2)7;;/h2*1H,(H,9,10);;/q;;2*+1/p-2. The van der Waals surface area contributed by atoms with Crippen molar-refractivity contribution in [2.75, 3.05) is 0 Å². The normalized spacial score (nSPS) is 9.00. The largest absolute Gasteiger partial charge is 1.00 e. The molecule has 0 unspecified atom stereocenters. The van der Waals surface area contributed by atoms with Gasteiger partial charge in [0.15, 0.2) is 0 Å². The average Bonchev–Trinajstić information content (AvgIpc) is 2.43. The van der Waals surface area contributed by atoms with Gasteiger partial charge in [-0.1, -0.05) is 69.6 Å². The summed E-state index contributed by atoms with van der Waals surface area (Å²) >= 11 is 32.7. The summed E-state index contributed by atoms with van der Waals surface area (Å²) in [5.41, 5.74) is 0. The fourth-order valence-corrected chi connectivity index (χ4v) is 1.80. The van der Waals surface area contributed by atoms with E-state index in [9.17, 15) is 10.2 Å². The topological polar surface area (TPSA) is 71.9 Å². The summed E-state index contributed by atoms with van der Waals surface area (Å²) in [5.74, 6) is -1.12. The van der Waals surface area contributed by atoms with E-state index in [4.69, 9.17) is 69.6 Å². The first kappa shape index (κ1) is 26.5. The van der Waals surface area contributed by atoms with Crippen molar-refractivity contribution >= 4 is 69.6 Å². The van der Waals surface area contributed by atoms with Crippen LogP contribution in [0.5, 0.6) is 11.8 Å². The monoisotopic (exact) mass is 454 g/mol. The Morgan fingerprint density at radius 3 is 1.14 bits per heavy atom. The van der Waals surface area contributed by atoms with E-state index in [1.165, 1.54) is 0 Å². The Morgan fingerprint density at radius 2 is 0.909 bits per heavy atom. The summed E-state index contributed by atoms with van der Waals surface area (Å²) < 4.78 is 0. The van der Waals surface area contributed by atoms with Gasteiger partial charge in [0.05, 0.1) is 30.1 Å². The van der Waals surface area contributed by atoms with Crippen LogP contribution in [0, 0.1) is 0 Å². The molecule has 0 spiro atoms. The first-order valence-electron chi connectivity index (χ1n) is 4.58. The predicted molar refractivity (Wildman–Crippen MR) is 77.4 cm³/mol. The summed E-state index contributed by atoms with van der Waals surface area (Å²) in [6, 6.07) is 0. The third-order valence-electron chi connectivity index (χ3n) is 1.77. The van der Waals surface area contributed by atoms with Crippen LogP contribution in [-0.4, -0.2) is 9.97 Å². The molecule has 0 aromatic carbocycles. The molecule has 0 bridgehead atoms. The van der Waals surface area contributed by atoms with E-state index in [1.54, 1.807) is 0 Å². The van der Waals surface area contributed by atoms with Crippen molar-refractivity contribution in [3.63, 3.8) is 0 Å². The van der Waals surface area contributed by atoms with Crippen molar-refractivity contribution in [2.45, 2.75) is 0 Å². The third-order valence-corrected chi connectivity index (χ3v) is 4.22. The molecule has 0 radical (unpaired) electrons. The van der Waals surface area contributed by atoms with Gasteiger partial charge in [0.2, 0.25) is 0 Å². The van der Waals surface area contributed by atoms with Crippen LogP contribution < -0.4 is 91.2 Å². The molecule has 22 heavy (non-hydrogen) atoms. The molecule has 0 atom stereocenters. The molecule has 2 rings (SSSR count). The molecule has 2 heterocycles. The van der Waals surface area contributed by atoms with E-state index < -0.39 is 11.8 Å². The van der Waals surface area contributed by atoms with Crippen molar-refractivity contribution < 1.29 is 91.2 Å². The van der Waals surface area contributed by atoms with Gasteiger partial charge in [-0.2, -0.15) is 0 Å². The summed E-state index contributed by atoms with van der Waals surface area (Å²) in [4.78, 5) is 6.67. The van der Waals surface area contributed by atoms with Gasteiger partial charge in [-0.3, -0.25) is 9.97 Å². The van der Waals surface area contributed by atoms with Gasteiger partial charge in [-0.15, -0.1) is 0 Å². The van der Waals surface area contributed by atoms with Gasteiger partial charge in [-0.05, 0) is 0 Å². The zero-order valence-electron chi connectivity index (χ0n) is 11.1. The van der Waals surface area contributed by atoms with Gasteiger partial charge < -0.3 is 10.2 Å². The van der Waals surface area contributed by atoms with Crippen LogP contribution in [0.2, 0.25) is 30.1 Å². The molecule has 2 aromatic heterocycles. The second-order valence-electron chi connectivity index (χ2n) is 3.08. The number of hydrogen-bond donors (Lipinski definition) is 0. The fourth-order valence-electron chi connectivity index (χ4n) is 0.855. The van der Waals surface area contributed by atoms with E-state index in [0.29, 0.717) is 0 Å². The van der Waals surface area contributed by atoms with Crippen molar-refractivity contribution in [1.29, 1.82) is 0 Å². The maximum Gasteiger partial charge on any atom is 1.00 e. The molecular formula is C10H2Cl6KN2NaO2. The van der Waals surface area contributed by atoms with E-state index in [-0.39, 0.29) is 111 Å². The van der Waals surface area contributed by atoms with E-state index in [1.807, 2.05) is 0 Å². The second-order valence-corrected chi connectivity index (χ2v) is 5.40. The van der Waals surface area contributed by atoms with Crippen LogP contribution in [0.4, 0.5) is 0 Å². The first-order chi connectivity index (χ1) is 9.25. The molecule has 4 nitrogen and oxygen atoms in total. The number of rotatable bonds is 0. The Morgan fingerprint density at radius 1 is 0.636 bits per heavy atom. The molecule has 12 heteroatoms. The SMILES string of the molecule is [K+].[Na+].[O-]c1ncc(Cl)c(Cl)c1Cl.[O-]c1ncc(Cl)c(Cl)c1Cl.